The molecule has 3 aromatic heterocycles. The van der Waals surface area contributed by atoms with Gasteiger partial charge in [-0.2, -0.15) is 0 Å². The van der Waals surface area contributed by atoms with Crippen LogP contribution < -0.4 is 9.80 Å². The highest BCUT2D eigenvalue weighted by Gasteiger charge is 2.25. The zero-order chi connectivity index (χ0) is 30.8. The molecule has 2 saturated heterocycles. The van der Waals surface area contributed by atoms with Crippen LogP contribution in [0.2, 0.25) is 0 Å². The molecule has 5 heterocycles. The molecule has 2 fully saturated rings. The maximum Gasteiger partial charge on any atom is 0.354 e. The van der Waals surface area contributed by atoms with Crippen LogP contribution in [0.4, 0.5) is 11.5 Å². The van der Waals surface area contributed by atoms with Crippen molar-refractivity contribution in [1.82, 2.24) is 24.5 Å². The molecule has 2 aliphatic rings. The molecule has 2 aliphatic heterocycles. The SMILES string of the molecule is CC.Cc1cc(N2CCC(C)C2)cn2nc(C(=O)N3CCCN(c4cccc(C(=O)O)n4)CCC3)nc12.c1ccccc1. The van der Waals surface area contributed by atoms with Crippen LogP contribution in [-0.2, 0) is 0 Å². The number of hydrogen-bond donors (Lipinski definition) is 1. The molecule has 0 saturated carbocycles. The van der Waals surface area contributed by atoms with Gasteiger partial charge in [-0.15, -0.1) is 5.10 Å². The van der Waals surface area contributed by atoms with Crippen molar-refractivity contribution in [3.8, 4) is 0 Å². The predicted octanol–water partition coefficient (Wildman–Crippen LogP) is 5.43. The van der Waals surface area contributed by atoms with E-state index in [-0.39, 0.29) is 17.4 Å². The van der Waals surface area contributed by atoms with Gasteiger partial charge in [0.2, 0.25) is 5.82 Å². The van der Waals surface area contributed by atoms with Crippen molar-refractivity contribution in [1.29, 1.82) is 0 Å². The van der Waals surface area contributed by atoms with Crippen molar-refractivity contribution in [2.75, 3.05) is 49.1 Å². The molecule has 1 N–H and O–H groups in total. The Labute approximate surface area is 254 Å². The van der Waals surface area contributed by atoms with Crippen molar-refractivity contribution >= 4 is 29.0 Å². The van der Waals surface area contributed by atoms with E-state index in [1.165, 1.54) is 12.5 Å². The van der Waals surface area contributed by atoms with Gasteiger partial charge in [0, 0.05) is 39.3 Å². The van der Waals surface area contributed by atoms with Crippen LogP contribution >= 0.6 is 0 Å². The lowest BCUT2D eigenvalue weighted by Crippen LogP contribution is -2.40. The molecule has 0 radical (unpaired) electrons. The highest BCUT2D eigenvalue weighted by molar-refractivity contribution is 5.91. The Morgan fingerprint density at radius 1 is 0.860 bits per heavy atom. The summed E-state index contributed by atoms with van der Waals surface area (Å²) in [7, 11) is 0. The number of carbonyl (C=O) groups is 2. The van der Waals surface area contributed by atoms with Gasteiger partial charge in [0.15, 0.2) is 11.3 Å². The third kappa shape index (κ3) is 8.09. The smallest absolute Gasteiger partial charge is 0.354 e. The summed E-state index contributed by atoms with van der Waals surface area (Å²) in [4.78, 5) is 39.7. The summed E-state index contributed by atoms with van der Waals surface area (Å²) >= 11 is 0. The van der Waals surface area contributed by atoms with Gasteiger partial charge in [0.1, 0.15) is 5.82 Å². The Kier molecular flexibility index (Phi) is 11.1. The van der Waals surface area contributed by atoms with Gasteiger partial charge >= 0.3 is 5.97 Å². The number of rotatable bonds is 4. The van der Waals surface area contributed by atoms with E-state index in [1.54, 1.807) is 10.6 Å². The van der Waals surface area contributed by atoms with Crippen LogP contribution in [0, 0.1) is 12.8 Å². The summed E-state index contributed by atoms with van der Waals surface area (Å²) in [6.45, 7) is 12.9. The number of aromatic nitrogens is 4. The minimum absolute atomic E-state index is 0.0389. The summed E-state index contributed by atoms with van der Waals surface area (Å²) in [6, 6.07) is 19.2. The number of hydrogen-bond acceptors (Lipinski definition) is 7. The van der Waals surface area contributed by atoms with Crippen LogP contribution in [0.15, 0.2) is 66.9 Å². The average molecular weight is 586 g/mol. The van der Waals surface area contributed by atoms with Gasteiger partial charge in [-0.25, -0.2) is 19.3 Å². The highest BCUT2D eigenvalue weighted by atomic mass is 16.4. The lowest BCUT2D eigenvalue weighted by Gasteiger charge is -2.30. The average Bonchev–Trinajstić information content (AvgIpc) is 3.66. The number of fused-ring (bicyclic) bond motifs is 1. The number of benzene rings is 1. The quantitative estimate of drug-likeness (QED) is 0.338. The molecule has 0 spiro atoms. The summed E-state index contributed by atoms with van der Waals surface area (Å²) < 4.78 is 1.74. The van der Waals surface area contributed by atoms with Gasteiger partial charge in [-0.05, 0) is 55.9 Å². The van der Waals surface area contributed by atoms with E-state index in [1.807, 2.05) is 74.3 Å². The van der Waals surface area contributed by atoms with E-state index in [0.717, 1.165) is 37.2 Å². The van der Waals surface area contributed by atoms with E-state index in [9.17, 15) is 14.7 Å². The molecule has 4 aromatic rings. The first-order valence-electron chi connectivity index (χ1n) is 15.3. The fraction of sp³-hybridized carbons (Fsp3) is 0.424. The fourth-order valence-corrected chi connectivity index (χ4v) is 5.37. The number of aromatic carboxylic acids is 1. The van der Waals surface area contributed by atoms with Crippen molar-refractivity contribution in [3.05, 3.63) is 83.9 Å². The van der Waals surface area contributed by atoms with Crippen molar-refractivity contribution in [2.45, 2.75) is 47.0 Å². The Balaban J connectivity index is 0.000000466. The fourth-order valence-electron chi connectivity index (χ4n) is 5.37. The number of carboxylic acid groups (broad SMARTS) is 1. The van der Waals surface area contributed by atoms with E-state index < -0.39 is 5.97 Å². The largest absolute Gasteiger partial charge is 0.477 e. The van der Waals surface area contributed by atoms with Crippen LogP contribution in [-0.4, -0.2) is 80.7 Å². The molecule has 10 nitrogen and oxygen atoms in total. The molecule has 10 heteroatoms. The lowest BCUT2D eigenvalue weighted by atomic mass is 10.2. The third-order valence-corrected chi connectivity index (χ3v) is 7.53. The number of pyridine rings is 2. The minimum Gasteiger partial charge on any atom is -0.477 e. The van der Waals surface area contributed by atoms with Gasteiger partial charge in [-0.3, -0.25) is 4.79 Å². The zero-order valence-electron chi connectivity index (χ0n) is 25.7. The number of carboxylic acids is 1. The first kappa shape index (κ1) is 31.5. The first-order chi connectivity index (χ1) is 20.9. The van der Waals surface area contributed by atoms with Crippen LogP contribution in [0.25, 0.3) is 5.65 Å². The minimum atomic E-state index is -1.03. The summed E-state index contributed by atoms with van der Waals surface area (Å²) in [5.41, 5.74) is 2.88. The van der Waals surface area contributed by atoms with Crippen molar-refractivity contribution < 1.29 is 14.7 Å². The molecule has 6 rings (SSSR count). The molecule has 0 bridgehead atoms. The van der Waals surface area contributed by atoms with Crippen LogP contribution in [0.3, 0.4) is 0 Å². The number of nitrogens with zero attached hydrogens (tertiary/aromatic N) is 7. The molecule has 1 aromatic carbocycles. The van der Waals surface area contributed by atoms with E-state index in [2.05, 4.69) is 37.9 Å². The summed E-state index contributed by atoms with van der Waals surface area (Å²) in [5.74, 6) is 0.384. The lowest BCUT2D eigenvalue weighted by molar-refractivity contribution is 0.0688. The molecule has 43 heavy (non-hydrogen) atoms. The van der Waals surface area contributed by atoms with E-state index in [0.29, 0.717) is 43.6 Å². The van der Waals surface area contributed by atoms with Crippen LogP contribution in [0.5, 0.6) is 0 Å². The van der Waals surface area contributed by atoms with E-state index in [4.69, 9.17) is 0 Å². The summed E-state index contributed by atoms with van der Waals surface area (Å²) in [5, 5.41) is 13.8. The number of anilines is 2. The Morgan fingerprint density at radius 2 is 1.51 bits per heavy atom. The molecule has 228 valence electrons. The second-order valence-corrected chi connectivity index (χ2v) is 10.8. The van der Waals surface area contributed by atoms with Gasteiger partial charge in [-0.1, -0.05) is 63.2 Å². The number of carbonyl (C=O) groups excluding carboxylic acids is 1. The molecule has 1 amide bonds. The molecule has 1 atom stereocenters. The Morgan fingerprint density at radius 3 is 2.09 bits per heavy atom. The second kappa shape index (κ2) is 15.1. The van der Waals surface area contributed by atoms with Crippen molar-refractivity contribution in [2.24, 2.45) is 5.92 Å². The molecule has 1 unspecified atom stereocenters. The predicted molar refractivity (Wildman–Crippen MR) is 170 cm³/mol. The van der Waals surface area contributed by atoms with Crippen molar-refractivity contribution in [3.63, 3.8) is 0 Å². The highest BCUT2D eigenvalue weighted by Crippen LogP contribution is 2.25. The molecule has 0 aliphatic carbocycles. The number of aryl methyl sites for hydroxylation is 1. The maximum absolute atomic E-state index is 13.3. The standard InChI is InChI=1S/C25H31N7O3.C6H6.C2H6/c1-17-8-13-31(15-17)19-14-18(2)23-27-22(28-32(23)16-19)24(33)30-11-4-9-29(10-5-12-30)21-7-3-6-20(26-21)25(34)35;1-2-4-6-5-3-1;1-2/h3,6-7,14,16-17H,4-5,8-13,15H2,1-2H3,(H,34,35);1-6H;1-2H3. The summed E-state index contributed by atoms with van der Waals surface area (Å²) in [6.07, 6.45) is 4.65. The third-order valence-electron chi connectivity index (χ3n) is 7.53. The first-order valence-corrected chi connectivity index (χ1v) is 15.3. The Bertz CT molecular complexity index is 1450. The van der Waals surface area contributed by atoms with Crippen LogP contribution in [0.1, 0.15) is 66.7 Å². The van der Waals surface area contributed by atoms with Gasteiger partial charge in [0.25, 0.3) is 5.91 Å². The Hall–Kier alpha value is -4.47. The van der Waals surface area contributed by atoms with Gasteiger partial charge < -0.3 is 19.8 Å². The second-order valence-electron chi connectivity index (χ2n) is 10.8. The maximum atomic E-state index is 13.3. The monoisotopic (exact) mass is 585 g/mol. The normalized spacial score (nSPS) is 16.8. The number of amides is 1. The molecular formula is C33H43N7O3. The van der Waals surface area contributed by atoms with E-state index >= 15 is 0 Å². The molecular weight excluding hydrogens is 542 g/mol. The van der Waals surface area contributed by atoms with Gasteiger partial charge in [0.05, 0.1) is 11.9 Å². The topological polar surface area (TPSA) is 107 Å². The zero-order valence-corrected chi connectivity index (χ0v) is 25.7.